The summed E-state index contributed by atoms with van der Waals surface area (Å²) in [7, 11) is -3.80. The van der Waals surface area contributed by atoms with Crippen molar-refractivity contribution in [1.29, 1.82) is 0 Å². The Morgan fingerprint density at radius 3 is 1.73 bits per heavy atom. The highest BCUT2D eigenvalue weighted by Crippen LogP contribution is 2.38. The van der Waals surface area contributed by atoms with Crippen molar-refractivity contribution >= 4 is 58.4 Å². The van der Waals surface area contributed by atoms with Gasteiger partial charge in [0.2, 0.25) is 9.84 Å². The van der Waals surface area contributed by atoms with Crippen LogP contribution >= 0.6 is 39.1 Å². The molecule has 3 aromatic carbocycles. The molecule has 0 N–H and O–H groups in total. The normalized spacial score (nSPS) is 12.6. The second kappa shape index (κ2) is 7.97. The van der Waals surface area contributed by atoms with Crippen molar-refractivity contribution in [1.82, 2.24) is 0 Å². The Kier molecular flexibility index (Phi) is 5.88. The van der Waals surface area contributed by atoms with E-state index >= 15 is 0 Å². The van der Waals surface area contributed by atoms with Crippen LogP contribution < -0.4 is 0 Å². The molecule has 26 heavy (non-hydrogen) atoms. The molecule has 0 saturated heterocycles. The summed E-state index contributed by atoms with van der Waals surface area (Å²) in [4.78, 5) is 0.336. The molecule has 0 amide bonds. The van der Waals surface area contributed by atoms with Crippen LogP contribution in [0.15, 0.2) is 83.8 Å². The fraction of sp³-hybridized carbons (Fsp3) is 0. The maximum atomic E-state index is 13.4. The SMILES string of the molecule is O=S(=O)(/C(=C(\Br)c1ccccc1)c1ccc(Cl)cc1)c1ccc(Cl)cc1. The standard InChI is InChI=1S/C20H13BrCl2O2S/c21-19(14-4-2-1-3-5-14)20(15-6-8-16(22)9-7-15)26(24,25)18-12-10-17(23)11-13-18/h1-13H/b20-19-. The summed E-state index contributed by atoms with van der Waals surface area (Å²) in [5.41, 5.74) is 1.30. The van der Waals surface area contributed by atoms with Crippen LogP contribution in [0.1, 0.15) is 11.1 Å². The zero-order chi connectivity index (χ0) is 18.7. The minimum Gasteiger partial charge on any atom is -0.218 e. The van der Waals surface area contributed by atoms with E-state index in [0.29, 0.717) is 20.1 Å². The summed E-state index contributed by atoms with van der Waals surface area (Å²) in [6.07, 6.45) is 0. The zero-order valence-corrected chi connectivity index (χ0v) is 17.3. The van der Waals surface area contributed by atoms with Crippen molar-refractivity contribution in [2.24, 2.45) is 0 Å². The first-order valence-corrected chi connectivity index (χ1v) is 10.6. The highest BCUT2D eigenvalue weighted by atomic mass is 79.9. The minimum absolute atomic E-state index is 0.166. The molecule has 0 aliphatic carbocycles. The van der Waals surface area contributed by atoms with Gasteiger partial charge in [-0.2, -0.15) is 0 Å². The van der Waals surface area contributed by atoms with Crippen molar-refractivity contribution in [2.45, 2.75) is 4.90 Å². The third-order valence-corrected chi connectivity index (χ3v) is 7.22. The van der Waals surface area contributed by atoms with Gasteiger partial charge in [-0.05, 0) is 63.5 Å². The predicted octanol–water partition coefficient (Wildman–Crippen LogP) is 6.69. The average Bonchev–Trinajstić information content (AvgIpc) is 2.64. The largest absolute Gasteiger partial charge is 0.218 e. The van der Waals surface area contributed by atoms with Crippen molar-refractivity contribution in [3.05, 3.63) is 100 Å². The third-order valence-electron chi connectivity index (χ3n) is 3.73. The van der Waals surface area contributed by atoms with E-state index in [4.69, 9.17) is 23.2 Å². The Morgan fingerprint density at radius 1 is 0.692 bits per heavy atom. The lowest BCUT2D eigenvalue weighted by molar-refractivity contribution is 0.606. The van der Waals surface area contributed by atoms with Crippen molar-refractivity contribution in [3.63, 3.8) is 0 Å². The van der Waals surface area contributed by atoms with Crippen molar-refractivity contribution < 1.29 is 8.42 Å². The van der Waals surface area contributed by atoms with Crippen LogP contribution in [0, 0.1) is 0 Å². The number of halogens is 3. The van der Waals surface area contributed by atoms with Crippen LogP contribution in [0.2, 0.25) is 10.0 Å². The first kappa shape index (κ1) is 19.2. The van der Waals surface area contributed by atoms with E-state index in [1.54, 1.807) is 36.4 Å². The minimum atomic E-state index is -3.80. The number of hydrogen-bond acceptors (Lipinski definition) is 2. The van der Waals surface area contributed by atoms with Gasteiger partial charge in [-0.15, -0.1) is 0 Å². The maximum Gasteiger partial charge on any atom is 0.208 e. The van der Waals surface area contributed by atoms with Crippen LogP contribution in [-0.4, -0.2) is 8.42 Å². The van der Waals surface area contributed by atoms with Gasteiger partial charge in [0.25, 0.3) is 0 Å². The lowest BCUT2D eigenvalue weighted by Gasteiger charge is -2.14. The molecule has 0 radical (unpaired) electrons. The maximum absolute atomic E-state index is 13.4. The van der Waals surface area contributed by atoms with E-state index in [1.165, 1.54) is 12.1 Å². The number of sulfone groups is 1. The van der Waals surface area contributed by atoms with E-state index in [-0.39, 0.29) is 9.80 Å². The van der Waals surface area contributed by atoms with E-state index < -0.39 is 9.84 Å². The Morgan fingerprint density at radius 2 is 1.19 bits per heavy atom. The van der Waals surface area contributed by atoms with Crippen LogP contribution in [0.25, 0.3) is 9.39 Å². The first-order valence-electron chi connectivity index (χ1n) is 7.61. The number of rotatable bonds is 4. The molecule has 6 heteroatoms. The quantitative estimate of drug-likeness (QED) is 0.400. The second-order valence-electron chi connectivity index (χ2n) is 5.47. The monoisotopic (exact) mass is 466 g/mol. The molecule has 0 aliphatic rings. The van der Waals surface area contributed by atoms with Crippen LogP contribution in [0.5, 0.6) is 0 Å². The van der Waals surface area contributed by atoms with E-state index in [9.17, 15) is 8.42 Å². The van der Waals surface area contributed by atoms with Gasteiger partial charge in [-0.3, -0.25) is 0 Å². The van der Waals surface area contributed by atoms with Crippen molar-refractivity contribution in [3.8, 4) is 0 Å². The highest BCUT2D eigenvalue weighted by molar-refractivity contribution is 9.15. The lowest BCUT2D eigenvalue weighted by atomic mass is 10.1. The molecule has 0 saturated carbocycles. The molecule has 0 atom stereocenters. The second-order valence-corrected chi connectivity index (χ2v) is 9.03. The molecule has 0 unspecified atom stereocenters. The molecule has 132 valence electrons. The number of benzene rings is 3. The molecular formula is C20H13BrCl2O2S. The Hall–Kier alpha value is -1.59. The molecule has 0 aromatic heterocycles. The summed E-state index contributed by atoms with van der Waals surface area (Å²) < 4.78 is 27.2. The van der Waals surface area contributed by atoms with Crippen LogP contribution in [0.3, 0.4) is 0 Å². The Balaban J connectivity index is 2.27. The van der Waals surface area contributed by atoms with Gasteiger partial charge in [0.15, 0.2) is 0 Å². The summed E-state index contributed by atoms with van der Waals surface area (Å²) in [5, 5.41) is 1.01. The van der Waals surface area contributed by atoms with Gasteiger partial charge >= 0.3 is 0 Å². The number of hydrogen-bond donors (Lipinski definition) is 0. The Labute approximate surface area is 171 Å². The Bertz CT molecular complexity index is 1040. The van der Waals surface area contributed by atoms with Crippen molar-refractivity contribution in [2.75, 3.05) is 0 Å². The highest BCUT2D eigenvalue weighted by Gasteiger charge is 2.26. The van der Waals surface area contributed by atoms with Gasteiger partial charge in [0.05, 0.1) is 9.80 Å². The van der Waals surface area contributed by atoms with Gasteiger partial charge in [-0.25, -0.2) is 8.42 Å². The fourth-order valence-corrected chi connectivity index (χ4v) is 5.36. The van der Waals surface area contributed by atoms with Crippen LogP contribution in [-0.2, 0) is 9.84 Å². The van der Waals surface area contributed by atoms with E-state index in [1.807, 2.05) is 30.3 Å². The molecule has 3 rings (SSSR count). The molecule has 0 fully saturated rings. The molecule has 0 aliphatic heterocycles. The molecular weight excluding hydrogens is 455 g/mol. The molecule has 2 nitrogen and oxygen atoms in total. The van der Waals surface area contributed by atoms with Gasteiger partial charge in [0.1, 0.15) is 0 Å². The smallest absolute Gasteiger partial charge is 0.208 e. The molecule has 0 spiro atoms. The first-order chi connectivity index (χ1) is 12.4. The lowest BCUT2D eigenvalue weighted by Crippen LogP contribution is -2.06. The van der Waals surface area contributed by atoms with Gasteiger partial charge in [0, 0.05) is 14.5 Å². The summed E-state index contributed by atoms with van der Waals surface area (Å²) in [6, 6.07) is 22.1. The summed E-state index contributed by atoms with van der Waals surface area (Å²) >= 11 is 15.4. The summed E-state index contributed by atoms with van der Waals surface area (Å²) in [6.45, 7) is 0. The fourth-order valence-electron chi connectivity index (χ4n) is 2.45. The third kappa shape index (κ3) is 4.04. The van der Waals surface area contributed by atoms with Crippen LogP contribution in [0.4, 0.5) is 0 Å². The molecule has 0 heterocycles. The summed E-state index contributed by atoms with van der Waals surface area (Å²) in [5.74, 6) is 0. The van der Waals surface area contributed by atoms with Gasteiger partial charge < -0.3 is 0 Å². The zero-order valence-electron chi connectivity index (χ0n) is 13.4. The van der Waals surface area contributed by atoms with E-state index in [0.717, 1.165) is 5.56 Å². The topological polar surface area (TPSA) is 34.1 Å². The molecule has 0 bridgehead atoms. The predicted molar refractivity (Wildman–Crippen MR) is 112 cm³/mol. The molecule has 3 aromatic rings. The average molecular weight is 468 g/mol. The van der Waals surface area contributed by atoms with Gasteiger partial charge in [-0.1, -0.05) is 65.7 Å². The van der Waals surface area contributed by atoms with E-state index in [2.05, 4.69) is 15.9 Å².